The van der Waals surface area contributed by atoms with Crippen LogP contribution < -0.4 is 5.43 Å². The zero-order valence-corrected chi connectivity index (χ0v) is 15.5. The molecule has 0 unspecified atom stereocenters. The van der Waals surface area contributed by atoms with Gasteiger partial charge in [-0.25, -0.2) is 10.4 Å². The van der Waals surface area contributed by atoms with E-state index in [-0.39, 0.29) is 11.7 Å². The summed E-state index contributed by atoms with van der Waals surface area (Å²) in [6.07, 6.45) is 0. The zero-order chi connectivity index (χ0) is 17.8. The van der Waals surface area contributed by atoms with E-state index in [2.05, 4.69) is 15.5 Å². The second-order valence-electron chi connectivity index (χ2n) is 5.10. The number of carbonyl (C=O) groups is 1. The molecule has 25 heavy (non-hydrogen) atoms. The van der Waals surface area contributed by atoms with Crippen LogP contribution in [0.1, 0.15) is 12.5 Å². The van der Waals surface area contributed by atoms with E-state index in [9.17, 15) is 4.79 Å². The Morgan fingerprint density at radius 3 is 2.80 bits per heavy atom. The summed E-state index contributed by atoms with van der Waals surface area (Å²) >= 11 is 13.1. The summed E-state index contributed by atoms with van der Waals surface area (Å²) < 4.78 is 5.55. The Hall–Kier alpha value is -2.02. The number of nitrogens with zero attached hydrogens (tertiary/aromatic N) is 2. The third-order valence-corrected chi connectivity index (χ3v) is 4.85. The normalized spacial score (nSPS) is 11.7. The van der Waals surface area contributed by atoms with Crippen LogP contribution in [0.25, 0.3) is 11.1 Å². The molecule has 0 saturated carbocycles. The monoisotopic (exact) mass is 393 g/mol. The van der Waals surface area contributed by atoms with E-state index in [0.29, 0.717) is 26.6 Å². The Kier molecular flexibility index (Phi) is 5.63. The van der Waals surface area contributed by atoms with Gasteiger partial charge in [0.1, 0.15) is 5.52 Å². The number of hydrogen-bond acceptors (Lipinski definition) is 5. The standard InChI is InChI=1S/C17H13Cl2N3O2S/c1-10(11-6-7-12(18)13(19)8-11)21-22-16(23)9-25-17-20-14-4-2-3-5-15(14)24-17/h2-8H,9H2,1H3,(H,22,23)/b21-10-. The highest BCUT2D eigenvalue weighted by molar-refractivity contribution is 7.99. The van der Waals surface area contributed by atoms with Crippen molar-refractivity contribution >= 4 is 57.7 Å². The molecular weight excluding hydrogens is 381 g/mol. The van der Waals surface area contributed by atoms with Crippen LogP contribution in [0.15, 0.2) is 57.2 Å². The van der Waals surface area contributed by atoms with Gasteiger partial charge in [-0.3, -0.25) is 4.79 Å². The number of para-hydroxylation sites is 2. The van der Waals surface area contributed by atoms with Gasteiger partial charge in [-0.15, -0.1) is 0 Å². The van der Waals surface area contributed by atoms with E-state index in [1.54, 1.807) is 25.1 Å². The molecular formula is C17H13Cl2N3O2S. The maximum absolute atomic E-state index is 11.9. The Labute approximate surface area is 158 Å². The second kappa shape index (κ2) is 7.91. The van der Waals surface area contributed by atoms with Crippen LogP contribution in [-0.4, -0.2) is 22.4 Å². The molecule has 3 rings (SSSR count). The molecule has 0 atom stereocenters. The molecule has 128 valence electrons. The molecule has 0 fully saturated rings. The first-order valence-corrected chi connectivity index (χ1v) is 9.04. The van der Waals surface area contributed by atoms with Crippen molar-refractivity contribution in [3.63, 3.8) is 0 Å². The number of rotatable bonds is 5. The van der Waals surface area contributed by atoms with E-state index in [4.69, 9.17) is 27.6 Å². The minimum absolute atomic E-state index is 0.144. The Bertz CT molecular complexity index is 923. The molecule has 8 heteroatoms. The predicted octanol–water partition coefficient (Wildman–Crippen LogP) is 4.77. The molecule has 3 aromatic rings. The average Bonchev–Trinajstić information content (AvgIpc) is 3.03. The van der Waals surface area contributed by atoms with E-state index in [0.717, 1.165) is 11.1 Å². The summed E-state index contributed by atoms with van der Waals surface area (Å²) in [5.41, 5.74) is 5.36. The van der Waals surface area contributed by atoms with Crippen molar-refractivity contribution < 1.29 is 9.21 Å². The molecule has 0 aliphatic carbocycles. The molecule has 0 aliphatic rings. The highest BCUT2D eigenvalue weighted by Crippen LogP contribution is 2.23. The van der Waals surface area contributed by atoms with Crippen molar-refractivity contribution in [2.75, 3.05) is 5.75 Å². The number of hydrogen-bond donors (Lipinski definition) is 1. The number of fused-ring (bicyclic) bond motifs is 1. The summed E-state index contributed by atoms with van der Waals surface area (Å²) in [5, 5.41) is 5.42. The van der Waals surface area contributed by atoms with E-state index in [1.165, 1.54) is 11.8 Å². The largest absolute Gasteiger partial charge is 0.431 e. The lowest BCUT2D eigenvalue weighted by Gasteiger charge is -2.04. The number of oxazole rings is 1. The molecule has 1 heterocycles. The van der Waals surface area contributed by atoms with E-state index < -0.39 is 0 Å². The minimum Gasteiger partial charge on any atom is -0.431 e. The van der Waals surface area contributed by atoms with Gasteiger partial charge in [0.05, 0.1) is 21.5 Å². The number of benzene rings is 2. The lowest BCUT2D eigenvalue weighted by atomic mass is 10.1. The van der Waals surface area contributed by atoms with Gasteiger partial charge in [0.25, 0.3) is 11.1 Å². The molecule has 0 radical (unpaired) electrons. The predicted molar refractivity (Wildman–Crippen MR) is 102 cm³/mol. The van der Waals surface area contributed by atoms with Gasteiger partial charge in [-0.2, -0.15) is 5.10 Å². The molecule has 0 bridgehead atoms. The fraction of sp³-hybridized carbons (Fsp3) is 0.118. The van der Waals surface area contributed by atoms with Crippen molar-refractivity contribution in [3.8, 4) is 0 Å². The fourth-order valence-electron chi connectivity index (χ4n) is 2.00. The third kappa shape index (κ3) is 4.54. The van der Waals surface area contributed by atoms with Gasteiger partial charge in [-0.05, 0) is 36.8 Å². The number of carbonyl (C=O) groups excluding carboxylic acids is 1. The average molecular weight is 394 g/mol. The molecule has 0 spiro atoms. The Balaban J connectivity index is 1.57. The number of hydrazone groups is 1. The van der Waals surface area contributed by atoms with Gasteiger partial charge in [0.15, 0.2) is 5.58 Å². The lowest BCUT2D eigenvalue weighted by molar-refractivity contribution is -0.118. The highest BCUT2D eigenvalue weighted by Gasteiger charge is 2.09. The summed E-state index contributed by atoms with van der Waals surface area (Å²) in [6.45, 7) is 1.77. The van der Waals surface area contributed by atoms with Crippen LogP contribution in [0, 0.1) is 0 Å². The fourth-order valence-corrected chi connectivity index (χ4v) is 2.93. The van der Waals surface area contributed by atoms with Crippen LogP contribution in [0.5, 0.6) is 0 Å². The van der Waals surface area contributed by atoms with E-state index >= 15 is 0 Å². The van der Waals surface area contributed by atoms with Crippen molar-refractivity contribution in [3.05, 3.63) is 58.1 Å². The van der Waals surface area contributed by atoms with Gasteiger partial charge < -0.3 is 4.42 Å². The topological polar surface area (TPSA) is 67.5 Å². The van der Waals surface area contributed by atoms with Gasteiger partial charge in [0.2, 0.25) is 0 Å². The molecule has 2 aromatic carbocycles. The summed E-state index contributed by atoms with van der Waals surface area (Å²) in [5.74, 6) is -0.114. The summed E-state index contributed by atoms with van der Waals surface area (Å²) in [6, 6.07) is 12.6. The van der Waals surface area contributed by atoms with Gasteiger partial charge in [-0.1, -0.05) is 53.2 Å². The maximum Gasteiger partial charge on any atom is 0.257 e. The van der Waals surface area contributed by atoms with Crippen LogP contribution >= 0.6 is 35.0 Å². The number of thioether (sulfide) groups is 1. The number of nitrogens with one attached hydrogen (secondary N) is 1. The summed E-state index contributed by atoms with van der Waals surface area (Å²) in [7, 11) is 0. The number of aromatic nitrogens is 1. The van der Waals surface area contributed by atoms with Crippen LogP contribution in [0.3, 0.4) is 0 Å². The first-order valence-electron chi connectivity index (χ1n) is 7.30. The van der Waals surface area contributed by atoms with Crippen molar-refractivity contribution in [2.24, 2.45) is 5.10 Å². The molecule has 1 aromatic heterocycles. The first-order chi connectivity index (χ1) is 12.0. The molecule has 0 aliphatic heterocycles. The Morgan fingerprint density at radius 1 is 1.24 bits per heavy atom. The number of halogens is 2. The van der Waals surface area contributed by atoms with Crippen molar-refractivity contribution in [1.29, 1.82) is 0 Å². The SMILES string of the molecule is C/C(=N/NC(=O)CSc1nc2ccccc2o1)c1ccc(Cl)c(Cl)c1. The van der Waals surface area contributed by atoms with Crippen LogP contribution in [-0.2, 0) is 4.79 Å². The van der Waals surface area contributed by atoms with Gasteiger partial charge in [0, 0.05) is 0 Å². The molecule has 0 saturated heterocycles. The van der Waals surface area contributed by atoms with E-state index in [1.807, 2.05) is 24.3 Å². The molecule has 5 nitrogen and oxygen atoms in total. The van der Waals surface area contributed by atoms with Crippen molar-refractivity contribution in [2.45, 2.75) is 12.1 Å². The van der Waals surface area contributed by atoms with Crippen molar-refractivity contribution in [1.82, 2.24) is 10.4 Å². The highest BCUT2D eigenvalue weighted by atomic mass is 35.5. The quantitative estimate of drug-likeness (QED) is 0.385. The Morgan fingerprint density at radius 2 is 2.04 bits per heavy atom. The van der Waals surface area contributed by atoms with Crippen LogP contribution in [0.4, 0.5) is 0 Å². The summed E-state index contributed by atoms with van der Waals surface area (Å²) in [4.78, 5) is 16.2. The third-order valence-electron chi connectivity index (χ3n) is 3.29. The number of amides is 1. The molecule has 1 amide bonds. The lowest BCUT2D eigenvalue weighted by Crippen LogP contribution is -2.21. The van der Waals surface area contributed by atoms with Gasteiger partial charge >= 0.3 is 0 Å². The minimum atomic E-state index is -0.258. The molecule has 1 N–H and O–H groups in total. The maximum atomic E-state index is 11.9. The smallest absolute Gasteiger partial charge is 0.257 e. The first kappa shape index (κ1) is 17.8. The van der Waals surface area contributed by atoms with Crippen LogP contribution in [0.2, 0.25) is 10.0 Å². The zero-order valence-electron chi connectivity index (χ0n) is 13.1. The second-order valence-corrected chi connectivity index (χ2v) is 6.84.